The first kappa shape index (κ1) is 14.2. The van der Waals surface area contributed by atoms with Crippen LogP contribution in [0.5, 0.6) is 0 Å². The van der Waals surface area contributed by atoms with Gasteiger partial charge in [-0.05, 0) is 30.7 Å². The van der Waals surface area contributed by atoms with Crippen molar-refractivity contribution in [3.8, 4) is 0 Å². The summed E-state index contributed by atoms with van der Waals surface area (Å²) in [6, 6.07) is 3.85. The molecule has 1 N–H and O–H groups in total. The van der Waals surface area contributed by atoms with Crippen LogP contribution in [0.3, 0.4) is 0 Å². The zero-order chi connectivity index (χ0) is 13.9. The molecule has 19 heavy (non-hydrogen) atoms. The van der Waals surface area contributed by atoms with Gasteiger partial charge in [-0.1, -0.05) is 6.07 Å². The number of carbonyl (C=O) groups is 1. The van der Waals surface area contributed by atoms with Crippen LogP contribution in [0.1, 0.15) is 24.6 Å². The summed E-state index contributed by atoms with van der Waals surface area (Å²) in [5.41, 5.74) is 3.24. The topological polar surface area (TPSA) is 75.6 Å². The maximum absolute atomic E-state index is 11.7. The van der Waals surface area contributed by atoms with Gasteiger partial charge < -0.3 is 0 Å². The second-order valence-corrected chi connectivity index (χ2v) is 7.86. The molecular weight excluding hydrogens is 284 g/mol. The largest absolute Gasteiger partial charge is 0.273 e. The number of thiophene rings is 1. The minimum Gasteiger partial charge on any atom is -0.273 e. The molecule has 104 valence electrons. The molecule has 1 atom stereocenters. The number of hydrogen-bond acceptors (Lipinski definition) is 5. The molecular formula is C12H16N2O3S2. The minimum atomic E-state index is -2.92. The van der Waals surface area contributed by atoms with Crippen LogP contribution in [0, 0.1) is 5.92 Å². The van der Waals surface area contributed by atoms with Gasteiger partial charge in [0.05, 0.1) is 17.2 Å². The summed E-state index contributed by atoms with van der Waals surface area (Å²) in [5, 5.41) is 5.97. The van der Waals surface area contributed by atoms with Crippen molar-refractivity contribution in [1.82, 2.24) is 5.43 Å². The van der Waals surface area contributed by atoms with Crippen molar-refractivity contribution < 1.29 is 13.2 Å². The van der Waals surface area contributed by atoms with Crippen LogP contribution >= 0.6 is 11.3 Å². The molecule has 7 heteroatoms. The fourth-order valence-corrected chi connectivity index (χ4v) is 4.57. The Kier molecular flexibility index (Phi) is 4.36. The first-order chi connectivity index (χ1) is 8.96. The number of nitrogens with one attached hydrogen (secondary N) is 1. The summed E-state index contributed by atoms with van der Waals surface area (Å²) >= 11 is 1.55. The lowest BCUT2D eigenvalue weighted by atomic mass is 10.1. The lowest BCUT2D eigenvalue weighted by Gasteiger charge is -2.06. The average Bonchev–Trinajstić information content (AvgIpc) is 2.96. The van der Waals surface area contributed by atoms with E-state index < -0.39 is 9.84 Å². The summed E-state index contributed by atoms with van der Waals surface area (Å²) in [6.07, 6.45) is 0.795. The highest BCUT2D eigenvalue weighted by Crippen LogP contribution is 2.21. The van der Waals surface area contributed by atoms with Gasteiger partial charge >= 0.3 is 0 Å². The average molecular weight is 300 g/mol. The molecule has 5 nitrogen and oxygen atoms in total. The van der Waals surface area contributed by atoms with Crippen LogP contribution in [-0.2, 0) is 14.6 Å². The Bertz CT molecular complexity index is 576. The van der Waals surface area contributed by atoms with Crippen molar-refractivity contribution >= 4 is 32.8 Å². The zero-order valence-electron chi connectivity index (χ0n) is 10.6. The van der Waals surface area contributed by atoms with Gasteiger partial charge in [-0.3, -0.25) is 4.79 Å². The first-order valence-electron chi connectivity index (χ1n) is 6.04. The molecule has 1 fully saturated rings. The van der Waals surface area contributed by atoms with E-state index in [1.807, 2.05) is 24.4 Å². The third-order valence-electron chi connectivity index (χ3n) is 3.03. The maximum Gasteiger partial charge on any atom is 0.240 e. The molecule has 2 rings (SSSR count). The van der Waals surface area contributed by atoms with E-state index in [1.165, 1.54) is 0 Å². The maximum atomic E-state index is 11.7. The molecule has 2 heterocycles. The number of rotatable bonds is 4. The molecule has 1 aromatic rings. The third-order valence-corrected chi connectivity index (χ3v) is 5.84. The molecule has 1 amide bonds. The smallest absolute Gasteiger partial charge is 0.240 e. The van der Waals surface area contributed by atoms with Crippen LogP contribution in [-0.4, -0.2) is 31.5 Å². The van der Waals surface area contributed by atoms with Crippen molar-refractivity contribution in [3.05, 3.63) is 22.4 Å². The van der Waals surface area contributed by atoms with E-state index in [0.29, 0.717) is 6.42 Å². The summed E-state index contributed by atoms with van der Waals surface area (Å²) in [7, 11) is -2.92. The molecule has 0 aliphatic carbocycles. The molecule has 0 saturated carbocycles. The van der Waals surface area contributed by atoms with Crippen LogP contribution in [0.4, 0.5) is 0 Å². The lowest BCUT2D eigenvalue weighted by molar-refractivity contribution is -0.121. The van der Waals surface area contributed by atoms with Gasteiger partial charge in [0.2, 0.25) is 5.91 Å². The molecule has 0 radical (unpaired) electrons. The number of hydrogen-bond donors (Lipinski definition) is 1. The summed E-state index contributed by atoms with van der Waals surface area (Å²) in [6.45, 7) is 1.83. The normalized spacial score (nSPS) is 22.4. The van der Waals surface area contributed by atoms with E-state index in [9.17, 15) is 13.2 Å². The number of nitrogens with zero attached hydrogens (tertiary/aromatic N) is 1. The van der Waals surface area contributed by atoms with Crippen molar-refractivity contribution in [1.29, 1.82) is 0 Å². The molecule has 0 bridgehead atoms. The van der Waals surface area contributed by atoms with Gasteiger partial charge in [-0.25, -0.2) is 13.8 Å². The number of amides is 1. The van der Waals surface area contributed by atoms with E-state index >= 15 is 0 Å². The van der Waals surface area contributed by atoms with Crippen molar-refractivity contribution in [2.75, 3.05) is 11.5 Å². The second-order valence-electron chi connectivity index (χ2n) is 4.68. The van der Waals surface area contributed by atoms with Gasteiger partial charge in [0, 0.05) is 11.3 Å². The standard InChI is InChI=1S/C12H16N2O3S2/c1-9(11-3-2-5-18-11)13-14-12(15)7-10-4-6-19(16,17)8-10/h2-3,5,10H,4,6-8H2,1H3,(H,14,15)/b13-9-/t10-/m0/s1. The predicted octanol–water partition coefficient (Wildman–Crippen LogP) is 1.41. The fraction of sp³-hybridized carbons (Fsp3) is 0.500. The fourth-order valence-electron chi connectivity index (χ4n) is 2.03. The quantitative estimate of drug-likeness (QED) is 0.675. The summed E-state index contributed by atoms with van der Waals surface area (Å²) < 4.78 is 22.6. The Morgan fingerprint density at radius 3 is 2.95 bits per heavy atom. The van der Waals surface area contributed by atoms with E-state index in [-0.39, 0.29) is 29.8 Å². The van der Waals surface area contributed by atoms with Gasteiger partial charge in [0.25, 0.3) is 0 Å². The Labute approximate surface area is 116 Å². The molecule has 0 aromatic carbocycles. The van der Waals surface area contributed by atoms with Crippen molar-refractivity contribution in [2.24, 2.45) is 11.0 Å². The highest BCUT2D eigenvalue weighted by Gasteiger charge is 2.29. The Balaban J connectivity index is 1.84. The predicted molar refractivity (Wildman–Crippen MR) is 76.1 cm³/mol. The van der Waals surface area contributed by atoms with Crippen molar-refractivity contribution in [3.63, 3.8) is 0 Å². The molecule has 1 aliphatic heterocycles. The van der Waals surface area contributed by atoms with Gasteiger partial charge in [0.15, 0.2) is 9.84 Å². The summed E-state index contributed by atoms with van der Waals surface area (Å²) in [5.74, 6) is 0.0245. The first-order valence-corrected chi connectivity index (χ1v) is 8.74. The highest BCUT2D eigenvalue weighted by atomic mass is 32.2. The van der Waals surface area contributed by atoms with Gasteiger partial charge in [0.1, 0.15) is 0 Å². The van der Waals surface area contributed by atoms with Gasteiger partial charge in [-0.15, -0.1) is 11.3 Å². The molecule has 1 aliphatic rings. The van der Waals surface area contributed by atoms with E-state index in [0.717, 1.165) is 10.6 Å². The number of sulfone groups is 1. The zero-order valence-corrected chi connectivity index (χ0v) is 12.3. The number of hydrazone groups is 1. The van der Waals surface area contributed by atoms with Crippen LogP contribution in [0.15, 0.2) is 22.6 Å². The second kappa shape index (κ2) is 5.83. The van der Waals surface area contributed by atoms with Gasteiger partial charge in [-0.2, -0.15) is 5.10 Å². The van der Waals surface area contributed by atoms with Crippen molar-refractivity contribution in [2.45, 2.75) is 19.8 Å². The molecule has 0 spiro atoms. The Morgan fingerprint density at radius 2 is 2.37 bits per heavy atom. The monoisotopic (exact) mass is 300 g/mol. The van der Waals surface area contributed by atoms with Crippen LogP contribution in [0.2, 0.25) is 0 Å². The number of carbonyl (C=O) groups excluding carboxylic acids is 1. The highest BCUT2D eigenvalue weighted by molar-refractivity contribution is 7.91. The molecule has 0 unspecified atom stereocenters. The SMILES string of the molecule is C/C(=N/NC(=O)C[C@@H]1CCS(=O)(=O)C1)c1cccs1. The lowest BCUT2D eigenvalue weighted by Crippen LogP contribution is -2.22. The van der Waals surface area contributed by atoms with E-state index in [1.54, 1.807) is 11.3 Å². The Hall–Kier alpha value is -1.21. The Morgan fingerprint density at radius 1 is 1.58 bits per heavy atom. The summed E-state index contributed by atoms with van der Waals surface area (Å²) in [4.78, 5) is 12.7. The van der Waals surface area contributed by atoms with E-state index in [4.69, 9.17) is 0 Å². The third kappa shape index (κ3) is 4.14. The molecule has 1 saturated heterocycles. The van der Waals surface area contributed by atoms with E-state index in [2.05, 4.69) is 10.5 Å². The molecule has 1 aromatic heterocycles. The minimum absolute atomic E-state index is 0.0674. The van der Waals surface area contributed by atoms with Crippen LogP contribution < -0.4 is 5.43 Å². The van der Waals surface area contributed by atoms with Crippen LogP contribution in [0.25, 0.3) is 0 Å².